The Balaban J connectivity index is 2.08. The number of hydrogen-bond donors (Lipinski definition) is 2. The van der Waals surface area contributed by atoms with Crippen molar-refractivity contribution in [2.24, 2.45) is 5.73 Å². The molecular formula is C17H20ClN3O. The Labute approximate surface area is 135 Å². The number of rotatable bonds is 5. The summed E-state index contributed by atoms with van der Waals surface area (Å²) in [5.41, 5.74) is 9.33. The number of benzene rings is 1. The summed E-state index contributed by atoms with van der Waals surface area (Å²) in [7, 11) is 0. The van der Waals surface area contributed by atoms with Gasteiger partial charge in [-0.1, -0.05) is 35.4 Å². The van der Waals surface area contributed by atoms with Crippen LogP contribution in [0.25, 0.3) is 0 Å². The molecule has 1 aromatic heterocycles. The molecule has 2 rings (SSSR count). The number of pyridine rings is 1. The highest BCUT2D eigenvalue weighted by Crippen LogP contribution is 2.22. The highest BCUT2D eigenvalue weighted by atomic mass is 35.5. The number of aryl methyl sites for hydroxylation is 2. The van der Waals surface area contributed by atoms with E-state index in [9.17, 15) is 4.79 Å². The maximum absolute atomic E-state index is 11.1. The maximum Gasteiger partial charge on any atom is 0.250 e. The fourth-order valence-electron chi connectivity index (χ4n) is 2.37. The quantitative estimate of drug-likeness (QED) is 0.887. The molecule has 0 radical (unpaired) electrons. The van der Waals surface area contributed by atoms with Crippen molar-refractivity contribution in [1.29, 1.82) is 0 Å². The first-order valence-electron chi connectivity index (χ1n) is 7.15. The number of primary amides is 1. The Morgan fingerprint density at radius 3 is 2.68 bits per heavy atom. The second-order valence-electron chi connectivity index (χ2n) is 5.60. The Hall–Kier alpha value is -2.07. The molecule has 0 saturated heterocycles. The molecule has 0 fully saturated rings. The first-order valence-corrected chi connectivity index (χ1v) is 7.52. The SMILES string of the molecule is Cc1ccc(CC(C)Nc2ncc(C(N)=O)cc2Cl)c(C)c1. The van der Waals surface area contributed by atoms with Crippen molar-refractivity contribution in [2.75, 3.05) is 5.32 Å². The summed E-state index contributed by atoms with van der Waals surface area (Å²) in [6, 6.07) is 8.12. The predicted molar refractivity (Wildman–Crippen MR) is 90.5 cm³/mol. The number of anilines is 1. The van der Waals surface area contributed by atoms with E-state index in [1.165, 1.54) is 29.0 Å². The van der Waals surface area contributed by atoms with E-state index in [4.69, 9.17) is 17.3 Å². The second-order valence-corrected chi connectivity index (χ2v) is 6.01. The van der Waals surface area contributed by atoms with Crippen LogP contribution in [0.5, 0.6) is 0 Å². The van der Waals surface area contributed by atoms with Crippen LogP contribution in [0.2, 0.25) is 5.02 Å². The minimum absolute atomic E-state index is 0.158. The molecule has 2 aromatic rings. The molecule has 0 spiro atoms. The lowest BCUT2D eigenvalue weighted by atomic mass is 10.00. The number of halogens is 1. The second kappa shape index (κ2) is 6.79. The van der Waals surface area contributed by atoms with Crippen molar-refractivity contribution in [1.82, 2.24) is 4.98 Å². The Bertz CT molecular complexity index is 700. The van der Waals surface area contributed by atoms with Gasteiger partial charge in [0.15, 0.2) is 0 Å². The van der Waals surface area contributed by atoms with Crippen LogP contribution < -0.4 is 11.1 Å². The molecule has 5 heteroatoms. The fraction of sp³-hybridized carbons (Fsp3) is 0.294. The van der Waals surface area contributed by atoms with E-state index in [0.717, 1.165) is 6.42 Å². The Morgan fingerprint density at radius 2 is 2.09 bits per heavy atom. The van der Waals surface area contributed by atoms with Gasteiger partial charge in [-0.15, -0.1) is 0 Å². The van der Waals surface area contributed by atoms with Crippen LogP contribution in [0, 0.1) is 13.8 Å². The van der Waals surface area contributed by atoms with Crippen molar-refractivity contribution in [3.05, 3.63) is 57.7 Å². The monoisotopic (exact) mass is 317 g/mol. The minimum atomic E-state index is -0.538. The number of nitrogens with two attached hydrogens (primary N) is 1. The Morgan fingerprint density at radius 1 is 1.36 bits per heavy atom. The van der Waals surface area contributed by atoms with Crippen molar-refractivity contribution in [3.63, 3.8) is 0 Å². The van der Waals surface area contributed by atoms with Crippen molar-refractivity contribution in [2.45, 2.75) is 33.2 Å². The molecule has 0 bridgehead atoms. The van der Waals surface area contributed by atoms with Crippen LogP contribution in [0.3, 0.4) is 0 Å². The zero-order valence-corrected chi connectivity index (χ0v) is 13.7. The van der Waals surface area contributed by atoms with Gasteiger partial charge < -0.3 is 11.1 Å². The van der Waals surface area contributed by atoms with Crippen molar-refractivity contribution < 1.29 is 4.79 Å². The van der Waals surface area contributed by atoms with Gasteiger partial charge in [0.05, 0.1) is 10.6 Å². The van der Waals surface area contributed by atoms with E-state index in [-0.39, 0.29) is 6.04 Å². The van der Waals surface area contributed by atoms with Crippen LogP contribution >= 0.6 is 11.6 Å². The first kappa shape index (κ1) is 16.3. The van der Waals surface area contributed by atoms with Crippen LogP contribution in [-0.2, 0) is 6.42 Å². The summed E-state index contributed by atoms with van der Waals surface area (Å²) in [4.78, 5) is 15.3. The van der Waals surface area contributed by atoms with Gasteiger partial charge in [0, 0.05) is 12.2 Å². The highest BCUT2D eigenvalue weighted by molar-refractivity contribution is 6.33. The average Bonchev–Trinajstić information content (AvgIpc) is 2.44. The van der Waals surface area contributed by atoms with Gasteiger partial charge in [-0.3, -0.25) is 4.79 Å². The Kier molecular flexibility index (Phi) is 5.03. The molecule has 3 N–H and O–H groups in total. The van der Waals surface area contributed by atoms with Crippen LogP contribution in [0.1, 0.15) is 34.0 Å². The molecule has 4 nitrogen and oxygen atoms in total. The third kappa shape index (κ3) is 3.98. The molecule has 1 amide bonds. The fourth-order valence-corrected chi connectivity index (χ4v) is 2.59. The summed E-state index contributed by atoms with van der Waals surface area (Å²) < 4.78 is 0. The summed E-state index contributed by atoms with van der Waals surface area (Å²) in [6.45, 7) is 6.27. The van der Waals surface area contributed by atoms with E-state index in [0.29, 0.717) is 16.4 Å². The molecule has 1 unspecified atom stereocenters. The summed E-state index contributed by atoms with van der Waals surface area (Å²) in [5.74, 6) is 0.0215. The standard InChI is InChI=1S/C17H20ClN3O/c1-10-4-5-13(11(2)6-10)7-12(3)21-17-15(18)8-14(9-20-17)16(19)22/h4-6,8-9,12H,7H2,1-3H3,(H2,19,22)(H,20,21). The number of aromatic nitrogens is 1. The van der Waals surface area contributed by atoms with Crippen LogP contribution in [0.15, 0.2) is 30.5 Å². The molecule has 0 saturated carbocycles. The van der Waals surface area contributed by atoms with E-state index >= 15 is 0 Å². The van der Waals surface area contributed by atoms with E-state index in [1.54, 1.807) is 0 Å². The highest BCUT2D eigenvalue weighted by Gasteiger charge is 2.11. The van der Waals surface area contributed by atoms with Gasteiger partial charge in [-0.2, -0.15) is 0 Å². The van der Waals surface area contributed by atoms with E-state index in [1.807, 2.05) is 0 Å². The average molecular weight is 318 g/mol. The van der Waals surface area contributed by atoms with Gasteiger partial charge in [-0.25, -0.2) is 4.98 Å². The largest absolute Gasteiger partial charge is 0.366 e. The molecule has 1 aromatic carbocycles. The third-order valence-corrected chi connectivity index (χ3v) is 3.82. The van der Waals surface area contributed by atoms with E-state index < -0.39 is 5.91 Å². The molecule has 0 aliphatic carbocycles. The van der Waals surface area contributed by atoms with Crippen LogP contribution in [0.4, 0.5) is 5.82 Å². The van der Waals surface area contributed by atoms with E-state index in [2.05, 4.69) is 49.3 Å². The van der Waals surface area contributed by atoms with Gasteiger partial charge in [0.2, 0.25) is 5.91 Å². The number of carbonyl (C=O) groups is 1. The summed E-state index contributed by atoms with van der Waals surface area (Å²) >= 11 is 6.14. The maximum atomic E-state index is 11.1. The number of carbonyl (C=O) groups excluding carboxylic acids is 1. The summed E-state index contributed by atoms with van der Waals surface area (Å²) in [5, 5.41) is 3.66. The van der Waals surface area contributed by atoms with Gasteiger partial charge in [0.25, 0.3) is 0 Å². The third-order valence-electron chi connectivity index (χ3n) is 3.53. The summed E-state index contributed by atoms with van der Waals surface area (Å²) in [6.07, 6.45) is 2.29. The number of hydrogen-bond acceptors (Lipinski definition) is 3. The number of nitrogens with one attached hydrogen (secondary N) is 1. The minimum Gasteiger partial charge on any atom is -0.366 e. The van der Waals surface area contributed by atoms with Gasteiger partial charge in [0.1, 0.15) is 5.82 Å². The lowest BCUT2D eigenvalue weighted by Gasteiger charge is -2.17. The molecule has 1 heterocycles. The number of amides is 1. The first-order chi connectivity index (χ1) is 10.4. The van der Waals surface area contributed by atoms with Crippen LogP contribution in [-0.4, -0.2) is 16.9 Å². The smallest absolute Gasteiger partial charge is 0.250 e. The van der Waals surface area contributed by atoms with Gasteiger partial charge in [-0.05, 0) is 44.4 Å². The van der Waals surface area contributed by atoms with Crippen molar-refractivity contribution >= 4 is 23.3 Å². The van der Waals surface area contributed by atoms with Gasteiger partial charge >= 0.3 is 0 Å². The molecular weight excluding hydrogens is 298 g/mol. The zero-order chi connectivity index (χ0) is 16.3. The van der Waals surface area contributed by atoms with Crippen molar-refractivity contribution in [3.8, 4) is 0 Å². The topological polar surface area (TPSA) is 68.0 Å². The lowest BCUT2D eigenvalue weighted by Crippen LogP contribution is -2.20. The molecule has 0 aliphatic heterocycles. The lowest BCUT2D eigenvalue weighted by molar-refractivity contribution is 0.1000. The predicted octanol–water partition coefficient (Wildman–Crippen LogP) is 3.49. The molecule has 1 atom stereocenters. The molecule has 116 valence electrons. The normalized spacial score (nSPS) is 12.0. The molecule has 0 aliphatic rings. The molecule has 22 heavy (non-hydrogen) atoms. The number of nitrogens with zero attached hydrogens (tertiary/aromatic N) is 1. The zero-order valence-electron chi connectivity index (χ0n) is 13.0.